The van der Waals surface area contributed by atoms with Crippen molar-refractivity contribution in [2.75, 3.05) is 70.9 Å². The number of rotatable bonds is 7. The Morgan fingerprint density at radius 2 is 1.81 bits per heavy atom. The second kappa shape index (κ2) is 10.4. The Hall–Kier alpha value is -1.95. The van der Waals surface area contributed by atoms with Gasteiger partial charge in [-0.2, -0.15) is 0 Å². The van der Waals surface area contributed by atoms with Crippen molar-refractivity contribution in [2.45, 2.75) is 26.2 Å². The second-order valence-electron chi connectivity index (χ2n) is 7.28. The van der Waals surface area contributed by atoms with Crippen LogP contribution >= 0.6 is 0 Å². The van der Waals surface area contributed by atoms with E-state index in [9.17, 15) is 0 Å². The highest BCUT2D eigenvalue weighted by Gasteiger charge is 2.21. The van der Waals surface area contributed by atoms with E-state index in [2.05, 4.69) is 39.1 Å². The summed E-state index contributed by atoms with van der Waals surface area (Å²) in [6.07, 6.45) is 3.88. The van der Waals surface area contributed by atoms with Gasteiger partial charge < -0.3 is 24.8 Å². The molecule has 1 aromatic rings. The van der Waals surface area contributed by atoms with Crippen molar-refractivity contribution in [3.8, 4) is 5.75 Å². The molecule has 3 rings (SSSR count). The summed E-state index contributed by atoms with van der Waals surface area (Å²) >= 11 is 0. The molecule has 150 valence electrons. The summed E-state index contributed by atoms with van der Waals surface area (Å²) in [5.74, 6) is 2.02. The lowest BCUT2D eigenvalue weighted by atomic mass is 10.2. The number of anilines is 1. The van der Waals surface area contributed by atoms with Crippen LogP contribution in [-0.2, 0) is 0 Å². The van der Waals surface area contributed by atoms with E-state index in [0.29, 0.717) is 0 Å². The van der Waals surface area contributed by atoms with Gasteiger partial charge in [-0.25, -0.2) is 0 Å². The Kier molecular flexibility index (Phi) is 7.63. The van der Waals surface area contributed by atoms with Crippen LogP contribution in [0.15, 0.2) is 29.3 Å². The van der Waals surface area contributed by atoms with Crippen molar-refractivity contribution in [3.05, 3.63) is 24.3 Å². The Morgan fingerprint density at radius 3 is 2.52 bits per heavy atom. The minimum absolute atomic E-state index is 0.908. The predicted octanol–water partition coefficient (Wildman–Crippen LogP) is 2.27. The van der Waals surface area contributed by atoms with Gasteiger partial charge >= 0.3 is 0 Å². The molecule has 6 heteroatoms. The van der Waals surface area contributed by atoms with Crippen LogP contribution in [0.25, 0.3) is 0 Å². The molecule has 2 fully saturated rings. The van der Waals surface area contributed by atoms with Crippen molar-refractivity contribution in [3.63, 3.8) is 0 Å². The lowest BCUT2D eigenvalue weighted by molar-refractivity contribution is 0.334. The smallest absolute Gasteiger partial charge is 0.194 e. The first-order valence-corrected chi connectivity index (χ1v) is 10.5. The third-order valence-electron chi connectivity index (χ3n) is 5.43. The van der Waals surface area contributed by atoms with E-state index < -0.39 is 0 Å². The number of guanidine groups is 1. The fourth-order valence-corrected chi connectivity index (χ4v) is 3.96. The van der Waals surface area contributed by atoms with Crippen LogP contribution in [0.1, 0.15) is 26.2 Å². The number of ether oxygens (including phenoxy) is 1. The number of likely N-dealkylation sites (tertiary alicyclic amines) is 1. The molecule has 2 saturated heterocycles. The van der Waals surface area contributed by atoms with Crippen LogP contribution in [0.5, 0.6) is 5.75 Å². The first-order chi connectivity index (χ1) is 13.3. The largest absolute Gasteiger partial charge is 0.495 e. The molecule has 2 aliphatic rings. The predicted molar refractivity (Wildman–Crippen MR) is 113 cm³/mol. The molecule has 0 spiro atoms. The molecule has 0 atom stereocenters. The lowest BCUT2D eigenvalue weighted by Gasteiger charge is -2.38. The number of nitrogens with zero attached hydrogens (tertiary/aromatic N) is 4. The average Bonchev–Trinajstić information content (AvgIpc) is 3.24. The topological polar surface area (TPSA) is 43.3 Å². The molecule has 1 N–H and O–H groups in total. The minimum atomic E-state index is 0.908. The highest BCUT2D eigenvalue weighted by molar-refractivity contribution is 5.80. The summed E-state index contributed by atoms with van der Waals surface area (Å²) in [4.78, 5) is 12.3. The normalized spacial score (nSPS) is 18.8. The molecule has 0 aliphatic carbocycles. The fourth-order valence-electron chi connectivity index (χ4n) is 3.96. The highest BCUT2D eigenvalue weighted by atomic mass is 16.5. The molecule has 6 nitrogen and oxygen atoms in total. The van der Waals surface area contributed by atoms with Gasteiger partial charge in [0.25, 0.3) is 0 Å². The van der Waals surface area contributed by atoms with E-state index in [-0.39, 0.29) is 0 Å². The third-order valence-corrected chi connectivity index (χ3v) is 5.43. The van der Waals surface area contributed by atoms with E-state index in [1.807, 2.05) is 12.1 Å². The van der Waals surface area contributed by atoms with Gasteiger partial charge in [0, 0.05) is 39.3 Å². The maximum absolute atomic E-state index is 5.52. The first kappa shape index (κ1) is 19.8. The molecule has 0 aromatic heterocycles. The van der Waals surface area contributed by atoms with Gasteiger partial charge in [-0.15, -0.1) is 0 Å². The minimum Gasteiger partial charge on any atom is -0.495 e. The van der Waals surface area contributed by atoms with Crippen molar-refractivity contribution in [1.29, 1.82) is 0 Å². The van der Waals surface area contributed by atoms with E-state index in [0.717, 1.165) is 57.4 Å². The molecule has 2 heterocycles. The SMILES string of the molecule is CCNC(=NCCCN1CCCC1)N1CCN(c2ccccc2OC)CC1. The summed E-state index contributed by atoms with van der Waals surface area (Å²) in [5, 5.41) is 3.48. The summed E-state index contributed by atoms with van der Waals surface area (Å²) < 4.78 is 5.52. The fraction of sp³-hybridized carbons (Fsp3) is 0.667. The summed E-state index contributed by atoms with van der Waals surface area (Å²) in [5.41, 5.74) is 1.19. The van der Waals surface area contributed by atoms with Crippen LogP contribution in [0.3, 0.4) is 0 Å². The van der Waals surface area contributed by atoms with Crippen LogP contribution in [0, 0.1) is 0 Å². The monoisotopic (exact) mass is 373 g/mol. The Labute approximate surface area is 164 Å². The van der Waals surface area contributed by atoms with Gasteiger partial charge in [-0.1, -0.05) is 12.1 Å². The molecule has 0 saturated carbocycles. The van der Waals surface area contributed by atoms with Crippen molar-refractivity contribution in [1.82, 2.24) is 15.1 Å². The number of piperazine rings is 1. The van der Waals surface area contributed by atoms with Crippen molar-refractivity contribution < 1.29 is 4.74 Å². The molecule has 0 bridgehead atoms. The molecular weight excluding hydrogens is 338 g/mol. The second-order valence-corrected chi connectivity index (χ2v) is 7.28. The number of nitrogens with one attached hydrogen (secondary N) is 1. The number of methoxy groups -OCH3 is 1. The Morgan fingerprint density at radius 1 is 1.07 bits per heavy atom. The van der Waals surface area contributed by atoms with Gasteiger partial charge in [-0.05, 0) is 58.0 Å². The number of hydrogen-bond acceptors (Lipinski definition) is 4. The summed E-state index contributed by atoms with van der Waals surface area (Å²) in [6, 6.07) is 8.28. The van der Waals surface area contributed by atoms with Gasteiger partial charge in [0.2, 0.25) is 0 Å². The standard InChI is InChI=1S/C21H35N5O/c1-3-22-21(23-11-8-14-24-12-6-7-13-24)26-17-15-25(16-18-26)19-9-4-5-10-20(19)27-2/h4-5,9-10H,3,6-8,11-18H2,1-2H3,(H,22,23). The molecule has 0 radical (unpaired) electrons. The quantitative estimate of drug-likeness (QED) is 0.451. The Bertz CT molecular complexity index is 592. The first-order valence-electron chi connectivity index (χ1n) is 10.5. The maximum Gasteiger partial charge on any atom is 0.194 e. The lowest BCUT2D eigenvalue weighted by Crippen LogP contribution is -2.52. The van der Waals surface area contributed by atoms with Crippen molar-refractivity contribution in [2.24, 2.45) is 4.99 Å². The van der Waals surface area contributed by atoms with Crippen LogP contribution < -0.4 is 15.0 Å². The highest BCUT2D eigenvalue weighted by Crippen LogP contribution is 2.28. The molecule has 27 heavy (non-hydrogen) atoms. The number of para-hydroxylation sites is 2. The number of aliphatic imine (C=N–C) groups is 1. The maximum atomic E-state index is 5.52. The van der Waals surface area contributed by atoms with Gasteiger partial charge in [0.1, 0.15) is 5.75 Å². The zero-order valence-electron chi connectivity index (χ0n) is 17.0. The third kappa shape index (κ3) is 5.51. The summed E-state index contributed by atoms with van der Waals surface area (Å²) in [6.45, 7) is 11.6. The number of hydrogen-bond donors (Lipinski definition) is 1. The van der Waals surface area contributed by atoms with Gasteiger partial charge in [0.05, 0.1) is 12.8 Å². The van der Waals surface area contributed by atoms with E-state index in [4.69, 9.17) is 9.73 Å². The molecule has 1 aromatic carbocycles. The molecular formula is C21H35N5O. The van der Waals surface area contributed by atoms with E-state index in [1.165, 1.54) is 38.2 Å². The van der Waals surface area contributed by atoms with Crippen LogP contribution in [0.4, 0.5) is 5.69 Å². The Balaban J connectivity index is 1.50. The van der Waals surface area contributed by atoms with Crippen LogP contribution in [-0.4, -0.2) is 81.8 Å². The zero-order valence-corrected chi connectivity index (χ0v) is 17.0. The van der Waals surface area contributed by atoms with Crippen LogP contribution in [0.2, 0.25) is 0 Å². The van der Waals surface area contributed by atoms with Gasteiger partial charge in [-0.3, -0.25) is 4.99 Å². The summed E-state index contributed by atoms with van der Waals surface area (Å²) in [7, 11) is 1.74. The molecule has 0 amide bonds. The van der Waals surface area contributed by atoms with Crippen molar-refractivity contribution >= 4 is 11.6 Å². The zero-order chi connectivity index (χ0) is 18.9. The number of benzene rings is 1. The van der Waals surface area contributed by atoms with E-state index in [1.54, 1.807) is 7.11 Å². The molecule has 2 aliphatic heterocycles. The average molecular weight is 374 g/mol. The van der Waals surface area contributed by atoms with Gasteiger partial charge in [0.15, 0.2) is 5.96 Å². The molecule has 0 unspecified atom stereocenters. The van der Waals surface area contributed by atoms with E-state index >= 15 is 0 Å².